The summed E-state index contributed by atoms with van der Waals surface area (Å²) in [6, 6.07) is 9.81. The number of hydrogen-bond donors (Lipinski definition) is 3. The molecule has 0 aromatic heterocycles. The minimum Gasteiger partial charge on any atom is -0.369 e. The van der Waals surface area contributed by atoms with Crippen molar-refractivity contribution in [1.29, 1.82) is 5.41 Å². The second-order valence-electron chi connectivity index (χ2n) is 2.80. The van der Waals surface area contributed by atoms with E-state index in [0.717, 1.165) is 17.7 Å². The molecule has 0 saturated heterocycles. The Kier molecular flexibility index (Phi) is 3.67. The normalized spacial score (nSPS) is 11.1. The molecule has 0 unspecified atom stereocenters. The first-order chi connectivity index (χ1) is 6.74. The van der Waals surface area contributed by atoms with Gasteiger partial charge < -0.3 is 5.73 Å². The fourth-order valence-electron chi connectivity index (χ4n) is 1.11. The lowest BCUT2D eigenvalue weighted by Gasteiger charge is -2.03. The minimum atomic E-state index is -0.146. The molecule has 0 atom stereocenters. The lowest BCUT2D eigenvalue weighted by molar-refractivity contribution is 0.980. The Balaban J connectivity index is 2.82. The molecule has 4 N–H and O–H groups in total. The van der Waals surface area contributed by atoms with Gasteiger partial charge in [0, 0.05) is 0 Å². The molecule has 1 aromatic rings. The van der Waals surface area contributed by atoms with Crippen LogP contribution in [0.5, 0.6) is 0 Å². The maximum Gasteiger partial charge on any atom is 0.206 e. The number of benzene rings is 1. The molecule has 14 heavy (non-hydrogen) atoms. The van der Waals surface area contributed by atoms with Gasteiger partial charge >= 0.3 is 0 Å². The summed E-state index contributed by atoms with van der Waals surface area (Å²) in [5, 5.41) is 11.0. The molecule has 74 valence electrons. The highest BCUT2D eigenvalue weighted by Crippen LogP contribution is 2.03. The van der Waals surface area contributed by atoms with Crippen LogP contribution in [0.25, 0.3) is 0 Å². The van der Waals surface area contributed by atoms with Crippen molar-refractivity contribution in [3.8, 4) is 0 Å². The molecule has 0 spiro atoms. The summed E-state index contributed by atoms with van der Waals surface area (Å²) < 4.78 is 0. The van der Waals surface area contributed by atoms with Gasteiger partial charge in [0.2, 0.25) is 5.96 Å². The summed E-state index contributed by atoms with van der Waals surface area (Å²) in [6.07, 6.45) is 0.796. The van der Waals surface area contributed by atoms with Crippen LogP contribution in [-0.2, 0) is 0 Å². The number of nitrogens with zero attached hydrogens (tertiary/aromatic N) is 1. The van der Waals surface area contributed by atoms with E-state index in [1.165, 1.54) is 0 Å². The first kappa shape index (κ1) is 10.2. The summed E-state index contributed by atoms with van der Waals surface area (Å²) in [5.41, 5.74) is 9.52. The second kappa shape index (κ2) is 5.01. The van der Waals surface area contributed by atoms with E-state index < -0.39 is 0 Å². The van der Waals surface area contributed by atoms with E-state index in [9.17, 15) is 0 Å². The fourth-order valence-corrected chi connectivity index (χ4v) is 1.11. The molecule has 0 fully saturated rings. The standard InChI is InChI=1S/C10H14N4/c1-2-9(13-14-10(11)12)8-6-4-3-5-7-8/h3-7H,2H2,1H3,(H4,11,12,14)/b13-9+. The van der Waals surface area contributed by atoms with Gasteiger partial charge in [-0.2, -0.15) is 5.10 Å². The third-order valence-corrected chi connectivity index (χ3v) is 1.75. The third-order valence-electron chi connectivity index (χ3n) is 1.75. The van der Waals surface area contributed by atoms with Crippen LogP contribution in [0, 0.1) is 5.41 Å². The van der Waals surface area contributed by atoms with E-state index in [2.05, 4.69) is 10.5 Å². The predicted molar refractivity (Wildman–Crippen MR) is 58.3 cm³/mol. The van der Waals surface area contributed by atoms with Gasteiger partial charge in [-0.25, -0.2) is 5.43 Å². The van der Waals surface area contributed by atoms with Gasteiger partial charge in [-0.05, 0) is 12.0 Å². The molecule has 0 aliphatic rings. The molecule has 0 radical (unpaired) electrons. The highest BCUT2D eigenvalue weighted by molar-refractivity contribution is 6.00. The van der Waals surface area contributed by atoms with Crippen LogP contribution in [0.1, 0.15) is 18.9 Å². The van der Waals surface area contributed by atoms with Crippen LogP contribution in [0.15, 0.2) is 35.4 Å². The van der Waals surface area contributed by atoms with Crippen LogP contribution in [-0.4, -0.2) is 11.7 Å². The molecule has 0 heterocycles. The van der Waals surface area contributed by atoms with Crippen molar-refractivity contribution in [1.82, 2.24) is 5.43 Å². The summed E-state index contributed by atoms with van der Waals surface area (Å²) in [6.45, 7) is 2.01. The Labute approximate surface area is 83.3 Å². The van der Waals surface area contributed by atoms with E-state index in [1.54, 1.807) is 0 Å². The second-order valence-corrected chi connectivity index (χ2v) is 2.80. The van der Waals surface area contributed by atoms with Crippen LogP contribution >= 0.6 is 0 Å². The Morgan fingerprint density at radius 1 is 1.43 bits per heavy atom. The molecule has 1 aromatic carbocycles. The van der Waals surface area contributed by atoms with Crippen molar-refractivity contribution in [3.63, 3.8) is 0 Å². The Morgan fingerprint density at radius 2 is 2.07 bits per heavy atom. The van der Waals surface area contributed by atoms with E-state index in [4.69, 9.17) is 11.1 Å². The number of hydrazone groups is 1. The first-order valence-electron chi connectivity index (χ1n) is 4.46. The molecule has 0 saturated carbocycles. The van der Waals surface area contributed by atoms with Crippen LogP contribution in [0.4, 0.5) is 0 Å². The molecular weight excluding hydrogens is 176 g/mol. The van der Waals surface area contributed by atoms with E-state index in [0.29, 0.717) is 0 Å². The predicted octanol–water partition coefficient (Wildman–Crippen LogP) is 1.28. The lowest BCUT2D eigenvalue weighted by atomic mass is 10.1. The smallest absolute Gasteiger partial charge is 0.206 e. The first-order valence-corrected chi connectivity index (χ1v) is 4.46. The van der Waals surface area contributed by atoms with Crippen molar-refractivity contribution >= 4 is 11.7 Å². The van der Waals surface area contributed by atoms with E-state index in [1.807, 2.05) is 37.3 Å². The topological polar surface area (TPSA) is 74.3 Å². The van der Waals surface area contributed by atoms with Crippen molar-refractivity contribution in [2.45, 2.75) is 13.3 Å². The summed E-state index contributed by atoms with van der Waals surface area (Å²) in [7, 11) is 0. The van der Waals surface area contributed by atoms with E-state index >= 15 is 0 Å². The van der Waals surface area contributed by atoms with Crippen molar-refractivity contribution < 1.29 is 0 Å². The average molecular weight is 190 g/mol. The molecule has 4 nitrogen and oxygen atoms in total. The molecule has 1 rings (SSSR count). The number of nitrogens with two attached hydrogens (primary N) is 1. The van der Waals surface area contributed by atoms with Crippen molar-refractivity contribution in [2.75, 3.05) is 0 Å². The molecule has 0 bridgehead atoms. The molecule has 0 aliphatic heterocycles. The Hall–Kier alpha value is -1.84. The monoisotopic (exact) mass is 190 g/mol. The maximum absolute atomic E-state index is 6.98. The molecular formula is C10H14N4. The number of rotatable bonds is 3. The van der Waals surface area contributed by atoms with Crippen molar-refractivity contribution in [3.05, 3.63) is 35.9 Å². The van der Waals surface area contributed by atoms with Gasteiger partial charge in [-0.1, -0.05) is 37.3 Å². The average Bonchev–Trinajstić information content (AvgIpc) is 2.20. The van der Waals surface area contributed by atoms with E-state index in [-0.39, 0.29) is 5.96 Å². The zero-order valence-corrected chi connectivity index (χ0v) is 8.12. The maximum atomic E-state index is 6.98. The Bertz CT molecular complexity index is 329. The van der Waals surface area contributed by atoms with Crippen molar-refractivity contribution in [2.24, 2.45) is 10.8 Å². The minimum absolute atomic E-state index is 0.146. The van der Waals surface area contributed by atoms with Gasteiger partial charge in [-0.15, -0.1) is 0 Å². The number of guanidine groups is 1. The van der Waals surface area contributed by atoms with Crippen LogP contribution in [0.2, 0.25) is 0 Å². The van der Waals surface area contributed by atoms with Crippen LogP contribution in [0.3, 0.4) is 0 Å². The molecule has 0 amide bonds. The highest BCUT2D eigenvalue weighted by Gasteiger charge is 1.99. The Morgan fingerprint density at radius 3 is 2.57 bits per heavy atom. The molecule has 0 aliphatic carbocycles. The molecule has 4 heteroatoms. The largest absolute Gasteiger partial charge is 0.369 e. The third kappa shape index (κ3) is 2.90. The highest BCUT2D eigenvalue weighted by atomic mass is 15.3. The van der Waals surface area contributed by atoms with Gasteiger partial charge in [0.05, 0.1) is 5.71 Å². The zero-order chi connectivity index (χ0) is 10.4. The fraction of sp³-hybridized carbons (Fsp3) is 0.200. The van der Waals surface area contributed by atoms with Gasteiger partial charge in [-0.3, -0.25) is 5.41 Å². The number of nitrogens with one attached hydrogen (secondary N) is 2. The lowest BCUT2D eigenvalue weighted by Crippen LogP contribution is -2.26. The van der Waals surface area contributed by atoms with Crippen LogP contribution < -0.4 is 11.2 Å². The van der Waals surface area contributed by atoms with Gasteiger partial charge in [0.15, 0.2) is 0 Å². The van der Waals surface area contributed by atoms with Gasteiger partial charge in [0.25, 0.3) is 0 Å². The SMILES string of the molecule is CC/C(=N\NC(=N)N)c1ccccc1. The summed E-state index contributed by atoms with van der Waals surface area (Å²) >= 11 is 0. The number of hydrogen-bond acceptors (Lipinski definition) is 2. The summed E-state index contributed by atoms with van der Waals surface area (Å²) in [4.78, 5) is 0. The summed E-state index contributed by atoms with van der Waals surface area (Å²) in [5.74, 6) is -0.146. The quantitative estimate of drug-likeness (QED) is 0.381. The van der Waals surface area contributed by atoms with Gasteiger partial charge in [0.1, 0.15) is 0 Å². The zero-order valence-electron chi connectivity index (χ0n) is 8.12.